The number of carbonyl (C=O) groups is 1. The Morgan fingerprint density at radius 2 is 2.15 bits per heavy atom. The van der Waals surface area contributed by atoms with E-state index in [1.54, 1.807) is 11.7 Å². The van der Waals surface area contributed by atoms with Crippen LogP contribution in [0.15, 0.2) is 4.47 Å². The first-order chi connectivity index (χ1) is 5.95. The Morgan fingerprint density at radius 3 is 2.38 bits per heavy atom. The monoisotopic (exact) mass is 246 g/mol. The second kappa shape index (κ2) is 3.49. The van der Waals surface area contributed by atoms with Gasteiger partial charge in [0.25, 0.3) is 0 Å². The standard InChI is InChI=1S/C8H11BrN2O2/c1-4(2)7-5(9)6(8(12)13)10-11(7)3/h4H,1-3H3,(H,12,13). The zero-order chi connectivity index (χ0) is 10.2. The van der Waals surface area contributed by atoms with Crippen molar-refractivity contribution in [1.82, 2.24) is 9.78 Å². The average Bonchev–Trinajstić information content (AvgIpc) is 2.26. The fourth-order valence-electron chi connectivity index (χ4n) is 1.27. The molecule has 0 saturated carbocycles. The Bertz CT molecular complexity index is 344. The third-order valence-corrected chi connectivity index (χ3v) is 2.56. The summed E-state index contributed by atoms with van der Waals surface area (Å²) in [5.74, 6) is -0.755. The summed E-state index contributed by atoms with van der Waals surface area (Å²) in [6.45, 7) is 3.99. The van der Waals surface area contributed by atoms with Gasteiger partial charge >= 0.3 is 5.97 Å². The predicted molar refractivity (Wildman–Crippen MR) is 52.0 cm³/mol. The molecule has 0 spiro atoms. The van der Waals surface area contributed by atoms with E-state index in [0.29, 0.717) is 4.47 Å². The van der Waals surface area contributed by atoms with Gasteiger partial charge in [0.2, 0.25) is 0 Å². The number of carboxylic acids is 1. The Kier molecular flexibility index (Phi) is 2.75. The van der Waals surface area contributed by atoms with E-state index in [1.807, 2.05) is 13.8 Å². The van der Waals surface area contributed by atoms with Crippen LogP contribution in [-0.2, 0) is 7.05 Å². The zero-order valence-corrected chi connectivity index (χ0v) is 9.29. The molecule has 0 amide bonds. The second-order valence-electron chi connectivity index (χ2n) is 3.13. The number of nitrogens with zero attached hydrogens (tertiary/aromatic N) is 2. The summed E-state index contributed by atoms with van der Waals surface area (Å²) >= 11 is 3.24. The van der Waals surface area contributed by atoms with Gasteiger partial charge in [-0.1, -0.05) is 13.8 Å². The molecule has 0 aromatic carbocycles. The molecule has 72 valence electrons. The van der Waals surface area contributed by atoms with Crippen LogP contribution >= 0.6 is 15.9 Å². The van der Waals surface area contributed by atoms with Crippen LogP contribution in [0.3, 0.4) is 0 Å². The van der Waals surface area contributed by atoms with Gasteiger partial charge < -0.3 is 5.11 Å². The van der Waals surface area contributed by atoms with Crippen LogP contribution in [0.25, 0.3) is 0 Å². The van der Waals surface area contributed by atoms with Crippen LogP contribution < -0.4 is 0 Å². The highest BCUT2D eigenvalue weighted by molar-refractivity contribution is 9.10. The van der Waals surface area contributed by atoms with Gasteiger partial charge in [0.1, 0.15) is 0 Å². The molecule has 0 aliphatic carbocycles. The maximum Gasteiger partial charge on any atom is 0.357 e. The molecule has 1 aromatic heterocycles. The van der Waals surface area contributed by atoms with Crippen LogP contribution in [0.5, 0.6) is 0 Å². The van der Waals surface area contributed by atoms with Crippen LogP contribution in [-0.4, -0.2) is 20.9 Å². The average molecular weight is 247 g/mol. The molecule has 4 nitrogen and oxygen atoms in total. The van der Waals surface area contributed by atoms with Crippen LogP contribution in [0.4, 0.5) is 0 Å². The molecule has 1 rings (SSSR count). The van der Waals surface area contributed by atoms with Gasteiger partial charge in [-0.15, -0.1) is 0 Å². The third kappa shape index (κ3) is 1.75. The van der Waals surface area contributed by atoms with Crippen molar-refractivity contribution < 1.29 is 9.90 Å². The smallest absolute Gasteiger partial charge is 0.357 e. The van der Waals surface area contributed by atoms with E-state index in [2.05, 4.69) is 21.0 Å². The minimum absolute atomic E-state index is 0.0752. The highest BCUT2D eigenvalue weighted by Gasteiger charge is 2.20. The summed E-state index contributed by atoms with van der Waals surface area (Å²) < 4.78 is 2.18. The number of hydrogen-bond acceptors (Lipinski definition) is 2. The van der Waals surface area contributed by atoms with Gasteiger partial charge in [0, 0.05) is 7.05 Å². The Morgan fingerprint density at radius 1 is 1.62 bits per heavy atom. The lowest BCUT2D eigenvalue weighted by Gasteiger charge is -2.04. The van der Waals surface area contributed by atoms with Crippen LogP contribution in [0, 0.1) is 0 Å². The van der Waals surface area contributed by atoms with E-state index in [0.717, 1.165) is 5.69 Å². The van der Waals surface area contributed by atoms with Crippen LogP contribution in [0.1, 0.15) is 35.9 Å². The van der Waals surface area contributed by atoms with Gasteiger partial charge in [0.15, 0.2) is 5.69 Å². The Labute approximate surface area is 84.7 Å². The zero-order valence-electron chi connectivity index (χ0n) is 7.71. The minimum Gasteiger partial charge on any atom is -0.476 e. The first-order valence-electron chi connectivity index (χ1n) is 3.90. The maximum atomic E-state index is 10.7. The molecule has 13 heavy (non-hydrogen) atoms. The van der Waals surface area contributed by atoms with E-state index >= 15 is 0 Å². The number of aromatic carboxylic acids is 1. The molecule has 1 heterocycles. The van der Waals surface area contributed by atoms with E-state index in [-0.39, 0.29) is 11.6 Å². The van der Waals surface area contributed by atoms with E-state index < -0.39 is 5.97 Å². The van der Waals surface area contributed by atoms with Gasteiger partial charge in [-0.3, -0.25) is 4.68 Å². The molecule has 0 unspecified atom stereocenters. The molecule has 0 aliphatic heterocycles. The van der Waals surface area contributed by atoms with Gasteiger partial charge in [-0.2, -0.15) is 5.10 Å². The van der Waals surface area contributed by atoms with Crippen LogP contribution in [0.2, 0.25) is 0 Å². The van der Waals surface area contributed by atoms with Crippen molar-refractivity contribution in [1.29, 1.82) is 0 Å². The number of carboxylic acid groups (broad SMARTS) is 1. The molecule has 0 fully saturated rings. The summed E-state index contributed by atoms with van der Waals surface area (Å²) in [4.78, 5) is 10.7. The molecule has 1 N–H and O–H groups in total. The van der Waals surface area contributed by atoms with Gasteiger partial charge in [-0.05, 0) is 21.8 Å². The number of halogens is 1. The number of aryl methyl sites for hydroxylation is 1. The third-order valence-electron chi connectivity index (χ3n) is 1.78. The van der Waals surface area contributed by atoms with Crippen molar-refractivity contribution in [3.8, 4) is 0 Å². The molecule has 5 heteroatoms. The lowest BCUT2D eigenvalue weighted by Crippen LogP contribution is -2.01. The van der Waals surface area contributed by atoms with Gasteiger partial charge in [-0.25, -0.2) is 4.79 Å². The summed E-state index contributed by atoms with van der Waals surface area (Å²) in [5.41, 5.74) is 0.976. The van der Waals surface area contributed by atoms with Gasteiger partial charge in [0.05, 0.1) is 10.2 Å². The summed E-state index contributed by atoms with van der Waals surface area (Å²) in [5, 5.41) is 12.7. The van der Waals surface area contributed by atoms with E-state index in [9.17, 15) is 4.79 Å². The lowest BCUT2D eigenvalue weighted by atomic mass is 10.1. The van der Waals surface area contributed by atoms with Crippen molar-refractivity contribution in [2.75, 3.05) is 0 Å². The minimum atomic E-state index is -1.01. The first-order valence-corrected chi connectivity index (χ1v) is 4.70. The lowest BCUT2D eigenvalue weighted by molar-refractivity contribution is 0.0688. The van der Waals surface area contributed by atoms with Crippen molar-refractivity contribution >= 4 is 21.9 Å². The van der Waals surface area contributed by atoms with E-state index in [1.165, 1.54) is 0 Å². The predicted octanol–water partition coefficient (Wildman–Crippen LogP) is 2.00. The molecular formula is C8H11BrN2O2. The largest absolute Gasteiger partial charge is 0.476 e. The quantitative estimate of drug-likeness (QED) is 0.869. The number of hydrogen-bond donors (Lipinski definition) is 1. The van der Waals surface area contributed by atoms with Crippen molar-refractivity contribution in [2.24, 2.45) is 7.05 Å². The SMILES string of the molecule is CC(C)c1c(Br)c(C(=O)O)nn1C. The number of aromatic nitrogens is 2. The normalized spacial score (nSPS) is 10.8. The molecule has 0 atom stereocenters. The first kappa shape index (κ1) is 10.2. The number of rotatable bonds is 2. The molecule has 0 radical (unpaired) electrons. The molecule has 0 aliphatic rings. The Balaban J connectivity index is 3.30. The van der Waals surface area contributed by atoms with Crippen molar-refractivity contribution in [2.45, 2.75) is 19.8 Å². The van der Waals surface area contributed by atoms with Crippen molar-refractivity contribution in [3.63, 3.8) is 0 Å². The Hall–Kier alpha value is -0.840. The summed E-state index contributed by atoms with van der Waals surface area (Å²) in [6.07, 6.45) is 0. The maximum absolute atomic E-state index is 10.7. The highest BCUT2D eigenvalue weighted by Crippen LogP contribution is 2.27. The van der Waals surface area contributed by atoms with Crippen molar-refractivity contribution in [3.05, 3.63) is 15.9 Å². The molecule has 0 bridgehead atoms. The fraction of sp³-hybridized carbons (Fsp3) is 0.500. The molecule has 1 aromatic rings. The second-order valence-corrected chi connectivity index (χ2v) is 3.92. The van der Waals surface area contributed by atoms with E-state index in [4.69, 9.17) is 5.11 Å². The highest BCUT2D eigenvalue weighted by atomic mass is 79.9. The molecular weight excluding hydrogens is 236 g/mol. The molecule has 0 saturated heterocycles. The summed E-state index contributed by atoms with van der Waals surface area (Å²) in [6, 6.07) is 0. The summed E-state index contributed by atoms with van der Waals surface area (Å²) in [7, 11) is 1.74. The fourth-order valence-corrected chi connectivity index (χ4v) is 2.24. The topological polar surface area (TPSA) is 55.1 Å².